The second-order valence-electron chi connectivity index (χ2n) is 4.43. The highest BCUT2D eigenvalue weighted by Crippen LogP contribution is 2.10. The number of carbonyl (C=O) groups excluding carboxylic acids is 1. The Hall–Kier alpha value is -1.72. The Bertz CT molecular complexity index is 416. The molecule has 0 saturated heterocycles. The van der Waals surface area contributed by atoms with Gasteiger partial charge in [0.15, 0.2) is 5.82 Å². The summed E-state index contributed by atoms with van der Waals surface area (Å²) in [6, 6.07) is 1.29. The van der Waals surface area contributed by atoms with Gasteiger partial charge in [0, 0.05) is 18.3 Å². The van der Waals surface area contributed by atoms with Crippen LogP contribution in [0.5, 0.6) is 0 Å². The number of hydrogen-bond donors (Lipinski definition) is 1. The molecule has 0 aliphatic carbocycles. The van der Waals surface area contributed by atoms with E-state index >= 15 is 0 Å². The number of rotatable bonds is 2. The normalized spacial score (nSPS) is 11.1. The van der Waals surface area contributed by atoms with E-state index < -0.39 is 23.5 Å². The van der Waals surface area contributed by atoms with Crippen molar-refractivity contribution in [3.8, 4) is 0 Å². The molecule has 0 aliphatic heterocycles. The van der Waals surface area contributed by atoms with Crippen LogP contribution in [0.4, 0.5) is 13.6 Å². The van der Waals surface area contributed by atoms with Gasteiger partial charge in [0.1, 0.15) is 5.60 Å². The summed E-state index contributed by atoms with van der Waals surface area (Å²) in [5, 5.41) is 2.33. The third-order valence-corrected chi connectivity index (χ3v) is 1.75. The summed E-state index contributed by atoms with van der Waals surface area (Å²) in [5.41, 5.74) is -0.616. The first-order valence-electron chi connectivity index (χ1n) is 5.05. The standard InChI is InChI=1S/C11H14F2N2O2/c1-11(2,3)17-10(16)15-6-7-4-5-14-9(13)8(7)12/h4-5H,6H2,1-3H3,(H,15,16). The minimum Gasteiger partial charge on any atom is -0.444 e. The van der Waals surface area contributed by atoms with E-state index in [1.807, 2.05) is 0 Å². The van der Waals surface area contributed by atoms with Crippen LogP contribution in [0, 0.1) is 11.8 Å². The number of nitrogens with zero attached hydrogens (tertiary/aromatic N) is 1. The quantitative estimate of drug-likeness (QED) is 0.812. The molecule has 0 fully saturated rings. The van der Waals surface area contributed by atoms with E-state index in [1.54, 1.807) is 20.8 Å². The fourth-order valence-electron chi connectivity index (χ4n) is 1.07. The van der Waals surface area contributed by atoms with E-state index in [0.717, 1.165) is 6.20 Å². The second kappa shape index (κ2) is 5.07. The first-order chi connectivity index (χ1) is 7.79. The summed E-state index contributed by atoms with van der Waals surface area (Å²) in [6.45, 7) is 4.97. The maximum absolute atomic E-state index is 13.2. The van der Waals surface area contributed by atoms with Gasteiger partial charge in [0.05, 0.1) is 0 Å². The zero-order valence-corrected chi connectivity index (χ0v) is 9.88. The highest BCUT2D eigenvalue weighted by Gasteiger charge is 2.16. The number of pyridine rings is 1. The molecule has 1 rings (SSSR count). The molecule has 0 unspecified atom stereocenters. The molecule has 1 aromatic heterocycles. The van der Waals surface area contributed by atoms with E-state index in [-0.39, 0.29) is 12.1 Å². The van der Waals surface area contributed by atoms with Crippen LogP contribution in [0.2, 0.25) is 0 Å². The van der Waals surface area contributed by atoms with Crippen LogP contribution in [-0.2, 0) is 11.3 Å². The lowest BCUT2D eigenvalue weighted by atomic mass is 10.2. The molecule has 0 aliphatic rings. The molecule has 0 radical (unpaired) electrons. The van der Waals surface area contributed by atoms with Crippen LogP contribution in [0.25, 0.3) is 0 Å². The smallest absolute Gasteiger partial charge is 0.407 e. The van der Waals surface area contributed by atoms with Crippen molar-refractivity contribution in [3.63, 3.8) is 0 Å². The van der Waals surface area contributed by atoms with E-state index in [1.165, 1.54) is 6.07 Å². The molecule has 94 valence electrons. The predicted octanol–water partition coefficient (Wildman–Crippen LogP) is 2.38. The maximum atomic E-state index is 13.2. The lowest BCUT2D eigenvalue weighted by Gasteiger charge is -2.19. The number of ether oxygens (including phenoxy) is 1. The average Bonchev–Trinajstić information content (AvgIpc) is 2.18. The lowest BCUT2D eigenvalue weighted by Crippen LogP contribution is -2.32. The minimum absolute atomic E-state index is 0.0170. The summed E-state index contributed by atoms with van der Waals surface area (Å²) >= 11 is 0. The van der Waals surface area contributed by atoms with Crippen molar-refractivity contribution in [3.05, 3.63) is 29.6 Å². The minimum atomic E-state index is -1.19. The van der Waals surface area contributed by atoms with Gasteiger partial charge in [-0.15, -0.1) is 0 Å². The number of halogens is 2. The van der Waals surface area contributed by atoms with Gasteiger partial charge in [-0.1, -0.05) is 0 Å². The summed E-state index contributed by atoms with van der Waals surface area (Å²) in [4.78, 5) is 14.4. The van der Waals surface area contributed by atoms with Gasteiger partial charge in [-0.05, 0) is 26.8 Å². The van der Waals surface area contributed by atoms with Crippen molar-refractivity contribution in [2.24, 2.45) is 0 Å². The molecular formula is C11H14F2N2O2. The Morgan fingerprint density at radius 1 is 1.47 bits per heavy atom. The molecule has 4 nitrogen and oxygen atoms in total. The van der Waals surface area contributed by atoms with E-state index in [9.17, 15) is 13.6 Å². The Balaban J connectivity index is 2.56. The first-order valence-corrected chi connectivity index (χ1v) is 5.05. The molecule has 0 atom stereocenters. The summed E-state index contributed by atoms with van der Waals surface area (Å²) in [5.74, 6) is -2.25. The van der Waals surface area contributed by atoms with Gasteiger partial charge in [-0.25, -0.2) is 14.2 Å². The molecule has 0 spiro atoms. The Morgan fingerprint density at radius 3 is 2.71 bits per heavy atom. The van der Waals surface area contributed by atoms with Crippen LogP contribution in [0.3, 0.4) is 0 Å². The van der Waals surface area contributed by atoms with Crippen molar-refractivity contribution in [1.29, 1.82) is 0 Å². The van der Waals surface area contributed by atoms with Crippen LogP contribution in [0.1, 0.15) is 26.3 Å². The van der Waals surface area contributed by atoms with Crippen molar-refractivity contribution in [2.75, 3.05) is 0 Å². The summed E-state index contributed by atoms with van der Waals surface area (Å²) in [7, 11) is 0. The molecule has 0 aromatic carbocycles. The molecule has 1 amide bonds. The van der Waals surface area contributed by atoms with Crippen LogP contribution >= 0.6 is 0 Å². The van der Waals surface area contributed by atoms with Crippen molar-refractivity contribution >= 4 is 6.09 Å². The van der Waals surface area contributed by atoms with Crippen LogP contribution < -0.4 is 5.32 Å². The molecule has 0 bridgehead atoms. The number of alkyl carbamates (subject to hydrolysis) is 1. The third-order valence-electron chi connectivity index (χ3n) is 1.75. The highest BCUT2D eigenvalue weighted by molar-refractivity contribution is 5.67. The van der Waals surface area contributed by atoms with Gasteiger partial charge in [0.2, 0.25) is 5.95 Å². The van der Waals surface area contributed by atoms with Gasteiger partial charge in [-0.2, -0.15) is 4.39 Å². The fourth-order valence-corrected chi connectivity index (χ4v) is 1.07. The lowest BCUT2D eigenvalue weighted by molar-refractivity contribution is 0.0523. The largest absolute Gasteiger partial charge is 0.444 e. The number of nitrogens with one attached hydrogen (secondary N) is 1. The first kappa shape index (κ1) is 13.3. The van der Waals surface area contributed by atoms with Crippen molar-refractivity contribution < 1.29 is 18.3 Å². The Labute approximate surface area is 98.0 Å². The van der Waals surface area contributed by atoms with E-state index in [2.05, 4.69) is 10.3 Å². The van der Waals surface area contributed by atoms with E-state index in [4.69, 9.17) is 4.74 Å². The van der Waals surface area contributed by atoms with Gasteiger partial charge < -0.3 is 10.1 Å². The second-order valence-corrected chi connectivity index (χ2v) is 4.43. The van der Waals surface area contributed by atoms with Crippen LogP contribution in [-0.4, -0.2) is 16.7 Å². The van der Waals surface area contributed by atoms with Crippen molar-refractivity contribution in [1.82, 2.24) is 10.3 Å². The molecule has 6 heteroatoms. The number of amides is 1. The third kappa shape index (κ3) is 4.34. The number of carbonyl (C=O) groups is 1. The molecule has 1 aromatic rings. The molecule has 0 saturated carbocycles. The molecule has 1 N–H and O–H groups in total. The monoisotopic (exact) mass is 244 g/mol. The summed E-state index contributed by atoms with van der Waals surface area (Å²) < 4.78 is 30.9. The van der Waals surface area contributed by atoms with E-state index in [0.29, 0.717) is 0 Å². The average molecular weight is 244 g/mol. The number of aromatic nitrogens is 1. The van der Waals surface area contributed by atoms with Gasteiger partial charge in [-0.3, -0.25) is 0 Å². The predicted molar refractivity (Wildman–Crippen MR) is 57.2 cm³/mol. The zero-order valence-electron chi connectivity index (χ0n) is 9.88. The molecule has 1 heterocycles. The van der Waals surface area contributed by atoms with Gasteiger partial charge >= 0.3 is 6.09 Å². The molecular weight excluding hydrogens is 230 g/mol. The van der Waals surface area contributed by atoms with Gasteiger partial charge in [0.25, 0.3) is 0 Å². The maximum Gasteiger partial charge on any atom is 0.407 e. The highest BCUT2D eigenvalue weighted by atomic mass is 19.2. The molecule has 17 heavy (non-hydrogen) atoms. The Kier molecular flexibility index (Phi) is 3.98. The van der Waals surface area contributed by atoms with Crippen LogP contribution in [0.15, 0.2) is 12.3 Å². The topological polar surface area (TPSA) is 51.2 Å². The SMILES string of the molecule is CC(C)(C)OC(=O)NCc1ccnc(F)c1F. The fraction of sp³-hybridized carbons (Fsp3) is 0.455. The Morgan fingerprint density at radius 2 is 2.12 bits per heavy atom. The summed E-state index contributed by atoms with van der Waals surface area (Å²) in [6.07, 6.45) is 0.443. The zero-order chi connectivity index (χ0) is 13.1. The number of hydrogen-bond acceptors (Lipinski definition) is 3. The van der Waals surface area contributed by atoms with Crippen molar-refractivity contribution in [2.45, 2.75) is 32.9 Å².